The Kier molecular flexibility index (Phi) is 7.72. The van der Waals surface area contributed by atoms with Gasteiger partial charge >= 0.3 is 5.97 Å². The molecule has 1 N–H and O–H groups in total. The molecule has 1 aromatic rings. The van der Waals surface area contributed by atoms with Crippen molar-refractivity contribution in [2.45, 2.75) is 53.0 Å². The highest BCUT2D eigenvalue weighted by atomic mass is 16.5. The highest BCUT2D eigenvalue weighted by Crippen LogP contribution is 2.40. The molecule has 0 radical (unpaired) electrons. The summed E-state index contributed by atoms with van der Waals surface area (Å²) in [6.45, 7) is 6.83. The molecule has 1 saturated carbocycles. The highest BCUT2D eigenvalue weighted by Gasteiger charge is 2.33. The number of ether oxygens (including phenoxy) is 3. The Morgan fingerprint density at radius 2 is 1.68 bits per heavy atom. The van der Waals surface area contributed by atoms with Crippen LogP contribution in [-0.4, -0.2) is 32.7 Å². The molecule has 1 aromatic carbocycles. The van der Waals surface area contributed by atoms with Gasteiger partial charge in [0.15, 0.2) is 18.1 Å². The fourth-order valence-corrected chi connectivity index (χ4v) is 3.69. The Bertz CT molecular complexity index is 672. The van der Waals surface area contributed by atoms with Gasteiger partial charge in [0.25, 0.3) is 5.91 Å². The minimum Gasteiger partial charge on any atom is -0.493 e. The third kappa shape index (κ3) is 6.14. The van der Waals surface area contributed by atoms with Crippen LogP contribution in [-0.2, 0) is 20.9 Å². The molecular weight excluding hydrogens is 358 g/mol. The molecule has 0 heterocycles. The fraction of sp³-hybridized carbons (Fsp3) is 0.636. The van der Waals surface area contributed by atoms with Crippen molar-refractivity contribution in [3.8, 4) is 11.5 Å². The summed E-state index contributed by atoms with van der Waals surface area (Å²) in [5.41, 5.74) is 1.15. The van der Waals surface area contributed by atoms with E-state index < -0.39 is 0 Å². The maximum Gasteiger partial charge on any atom is 0.309 e. The predicted octanol–water partition coefficient (Wildman–Crippen LogP) is 3.72. The van der Waals surface area contributed by atoms with Crippen molar-refractivity contribution >= 4 is 11.9 Å². The monoisotopic (exact) mass is 391 g/mol. The first-order chi connectivity index (χ1) is 13.2. The van der Waals surface area contributed by atoms with Gasteiger partial charge in [-0.05, 0) is 54.7 Å². The third-order valence-corrected chi connectivity index (χ3v) is 5.57. The molecule has 0 bridgehead atoms. The van der Waals surface area contributed by atoms with Gasteiger partial charge in [-0.1, -0.05) is 26.8 Å². The van der Waals surface area contributed by atoms with Crippen molar-refractivity contribution < 1.29 is 23.8 Å². The number of nitrogens with one attached hydrogen (secondary N) is 1. The zero-order valence-corrected chi connectivity index (χ0v) is 17.7. The zero-order chi connectivity index (χ0) is 20.7. The van der Waals surface area contributed by atoms with Crippen molar-refractivity contribution in [3.05, 3.63) is 23.8 Å². The number of carbonyl (C=O) groups is 2. The molecule has 1 aliphatic rings. The predicted molar refractivity (Wildman–Crippen MR) is 107 cm³/mol. The number of hydrogen-bond acceptors (Lipinski definition) is 5. The SMILES string of the molecule is COc1ccc(CNC(=O)COC(=O)C2CCC(C(C)(C)C)CC2)cc1OC. The number of amides is 1. The van der Waals surface area contributed by atoms with Gasteiger partial charge in [-0.25, -0.2) is 0 Å². The third-order valence-electron chi connectivity index (χ3n) is 5.57. The van der Waals surface area contributed by atoms with Gasteiger partial charge in [-0.3, -0.25) is 9.59 Å². The van der Waals surface area contributed by atoms with E-state index in [2.05, 4.69) is 26.1 Å². The first kappa shape index (κ1) is 22.1. The molecule has 0 atom stereocenters. The Morgan fingerprint density at radius 3 is 2.25 bits per heavy atom. The van der Waals surface area contributed by atoms with E-state index in [1.165, 1.54) is 0 Å². The van der Waals surface area contributed by atoms with Crippen molar-refractivity contribution in [1.29, 1.82) is 0 Å². The molecule has 1 aliphatic carbocycles. The van der Waals surface area contributed by atoms with Gasteiger partial charge < -0.3 is 19.5 Å². The molecule has 0 aliphatic heterocycles. The first-order valence-corrected chi connectivity index (χ1v) is 9.88. The van der Waals surface area contributed by atoms with Gasteiger partial charge in [0, 0.05) is 6.54 Å². The average Bonchev–Trinajstić information content (AvgIpc) is 2.69. The quantitative estimate of drug-likeness (QED) is 0.717. The van der Waals surface area contributed by atoms with Crippen molar-refractivity contribution in [2.24, 2.45) is 17.3 Å². The summed E-state index contributed by atoms with van der Waals surface area (Å²) in [5.74, 6) is 1.22. The van der Waals surface area contributed by atoms with Crippen LogP contribution in [0.2, 0.25) is 0 Å². The molecule has 2 rings (SSSR count). The second kappa shape index (κ2) is 9.80. The van der Waals surface area contributed by atoms with Crippen LogP contribution in [0.15, 0.2) is 18.2 Å². The number of methoxy groups -OCH3 is 2. The van der Waals surface area contributed by atoms with E-state index in [-0.39, 0.29) is 29.8 Å². The van der Waals surface area contributed by atoms with Crippen LogP contribution < -0.4 is 14.8 Å². The van der Waals surface area contributed by atoms with E-state index in [4.69, 9.17) is 14.2 Å². The molecule has 0 aromatic heterocycles. The topological polar surface area (TPSA) is 73.9 Å². The number of benzene rings is 1. The fourth-order valence-electron chi connectivity index (χ4n) is 3.69. The summed E-state index contributed by atoms with van der Waals surface area (Å²) in [4.78, 5) is 24.3. The van der Waals surface area contributed by atoms with Crippen LogP contribution in [0.1, 0.15) is 52.0 Å². The summed E-state index contributed by atoms with van der Waals surface area (Å²) in [6.07, 6.45) is 3.76. The van der Waals surface area contributed by atoms with E-state index in [1.807, 2.05) is 6.07 Å². The Labute approximate surface area is 167 Å². The second-order valence-corrected chi connectivity index (χ2v) is 8.49. The van der Waals surface area contributed by atoms with E-state index in [9.17, 15) is 9.59 Å². The summed E-state index contributed by atoms with van der Waals surface area (Å²) >= 11 is 0. The number of carbonyl (C=O) groups excluding carboxylic acids is 2. The lowest BCUT2D eigenvalue weighted by Crippen LogP contribution is -2.32. The maximum atomic E-state index is 12.3. The Balaban J connectivity index is 1.73. The minimum atomic E-state index is -0.313. The lowest BCUT2D eigenvalue weighted by molar-refractivity contribution is -0.154. The average molecular weight is 392 g/mol. The van der Waals surface area contributed by atoms with Crippen molar-refractivity contribution in [1.82, 2.24) is 5.32 Å². The lowest BCUT2D eigenvalue weighted by Gasteiger charge is -2.36. The van der Waals surface area contributed by atoms with Gasteiger partial charge in [0.1, 0.15) is 0 Å². The minimum absolute atomic E-state index is 0.0859. The smallest absolute Gasteiger partial charge is 0.309 e. The molecular formula is C22H33NO5. The lowest BCUT2D eigenvalue weighted by atomic mass is 9.70. The van der Waals surface area contributed by atoms with Gasteiger partial charge in [-0.2, -0.15) is 0 Å². The zero-order valence-electron chi connectivity index (χ0n) is 17.7. The summed E-state index contributed by atoms with van der Waals surface area (Å²) < 4.78 is 15.7. The normalized spacial score (nSPS) is 19.6. The molecule has 28 heavy (non-hydrogen) atoms. The van der Waals surface area contributed by atoms with Crippen molar-refractivity contribution in [2.75, 3.05) is 20.8 Å². The van der Waals surface area contributed by atoms with Gasteiger partial charge in [0.05, 0.1) is 20.1 Å². The van der Waals surface area contributed by atoms with Gasteiger partial charge in [0.2, 0.25) is 0 Å². The Hall–Kier alpha value is -2.24. The molecule has 0 spiro atoms. The molecule has 1 amide bonds. The van der Waals surface area contributed by atoms with E-state index in [0.717, 1.165) is 31.2 Å². The molecule has 6 nitrogen and oxygen atoms in total. The molecule has 1 fully saturated rings. The van der Waals surface area contributed by atoms with Crippen LogP contribution in [0.5, 0.6) is 11.5 Å². The number of hydrogen-bond donors (Lipinski definition) is 1. The van der Waals surface area contributed by atoms with Crippen LogP contribution in [0, 0.1) is 17.3 Å². The first-order valence-electron chi connectivity index (χ1n) is 9.88. The number of esters is 1. The summed E-state index contributed by atoms with van der Waals surface area (Å²) in [7, 11) is 3.14. The molecule has 0 unspecified atom stereocenters. The van der Waals surface area contributed by atoms with E-state index >= 15 is 0 Å². The Morgan fingerprint density at radius 1 is 1.04 bits per heavy atom. The highest BCUT2D eigenvalue weighted by molar-refractivity contribution is 5.81. The summed E-state index contributed by atoms with van der Waals surface area (Å²) in [5, 5.41) is 2.76. The molecule has 156 valence electrons. The van der Waals surface area contributed by atoms with Crippen LogP contribution in [0.4, 0.5) is 0 Å². The van der Waals surface area contributed by atoms with Crippen molar-refractivity contribution in [3.63, 3.8) is 0 Å². The number of rotatable bonds is 7. The standard InChI is InChI=1S/C22H33NO5/c1-22(2,3)17-9-7-16(8-10-17)21(25)28-14-20(24)23-13-15-6-11-18(26-4)19(12-15)27-5/h6,11-12,16-17H,7-10,13-14H2,1-5H3,(H,23,24). The van der Waals surface area contributed by atoms with Crippen LogP contribution in [0.3, 0.4) is 0 Å². The van der Waals surface area contributed by atoms with Gasteiger partial charge in [-0.15, -0.1) is 0 Å². The van der Waals surface area contributed by atoms with Crippen LogP contribution >= 0.6 is 0 Å². The van der Waals surface area contributed by atoms with Crippen LogP contribution in [0.25, 0.3) is 0 Å². The maximum absolute atomic E-state index is 12.3. The van der Waals surface area contributed by atoms with E-state index in [0.29, 0.717) is 24.0 Å². The molecule has 0 saturated heterocycles. The summed E-state index contributed by atoms with van der Waals surface area (Å²) in [6, 6.07) is 5.44. The largest absolute Gasteiger partial charge is 0.493 e. The molecule has 6 heteroatoms. The van der Waals surface area contributed by atoms with E-state index in [1.54, 1.807) is 26.4 Å². The second-order valence-electron chi connectivity index (χ2n) is 8.49.